The maximum absolute atomic E-state index is 15.1. The summed E-state index contributed by atoms with van der Waals surface area (Å²) in [4.78, 5) is 14.9. The Morgan fingerprint density at radius 1 is 1.02 bits per heavy atom. The smallest absolute Gasteiger partial charge is 0.416 e. The number of sulfonamides is 1. The maximum Gasteiger partial charge on any atom is 0.416 e. The van der Waals surface area contributed by atoms with Crippen molar-refractivity contribution in [2.45, 2.75) is 93.8 Å². The lowest BCUT2D eigenvalue weighted by Gasteiger charge is -2.49. The van der Waals surface area contributed by atoms with Crippen LogP contribution in [0.15, 0.2) is 30.3 Å². The second-order valence-corrected chi connectivity index (χ2v) is 14.6. The number of nitrogens with zero attached hydrogens (tertiary/aromatic N) is 1. The number of piperidine rings is 2. The second-order valence-electron chi connectivity index (χ2n) is 12.2. The van der Waals surface area contributed by atoms with E-state index in [1.165, 1.54) is 18.2 Å². The molecule has 2 aromatic carbocycles. The zero-order valence-electron chi connectivity index (χ0n) is 22.9. The summed E-state index contributed by atoms with van der Waals surface area (Å²) in [6.07, 6.45) is 2.81. The predicted molar refractivity (Wildman–Crippen MR) is 149 cm³/mol. The van der Waals surface area contributed by atoms with Gasteiger partial charge in [-0.1, -0.05) is 18.0 Å². The van der Waals surface area contributed by atoms with Crippen LogP contribution in [0, 0.1) is 11.7 Å². The Hall–Kier alpha value is -2.37. The van der Waals surface area contributed by atoms with E-state index in [2.05, 4.69) is 4.90 Å². The SMILES string of the molecule is O=C(NS(=O)(=O)C1CC1)c1cc(C2CC2)c(OCC2C[C@H]3CCC[C@@H](C2)N3Cc2cc(C(F)(F)F)ccc2Cl)cc1F. The molecular weight excluding hydrogens is 596 g/mol. The fourth-order valence-corrected chi connectivity index (χ4v) is 7.96. The first-order chi connectivity index (χ1) is 19.9. The Morgan fingerprint density at radius 3 is 2.33 bits per heavy atom. The van der Waals surface area contributed by atoms with Crippen LogP contribution in [-0.2, 0) is 22.7 Å². The largest absolute Gasteiger partial charge is 0.493 e. The molecule has 4 aliphatic rings. The second kappa shape index (κ2) is 11.3. The third kappa shape index (κ3) is 6.43. The summed E-state index contributed by atoms with van der Waals surface area (Å²) in [5, 5.41) is -0.272. The Labute approximate surface area is 247 Å². The van der Waals surface area contributed by atoms with Crippen LogP contribution in [0.5, 0.6) is 5.75 Å². The van der Waals surface area contributed by atoms with Gasteiger partial charge in [-0.2, -0.15) is 13.2 Å². The monoisotopic (exact) mass is 628 g/mol. The molecule has 2 saturated carbocycles. The van der Waals surface area contributed by atoms with Gasteiger partial charge in [0.1, 0.15) is 11.6 Å². The zero-order valence-corrected chi connectivity index (χ0v) is 24.5. The number of hydrogen-bond acceptors (Lipinski definition) is 5. The van der Waals surface area contributed by atoms with E-state index in [-0.39, 0.29) is 29.5 Å². The van der Waals surface area contributed by atoms with Gasteiger partial charge in [-0.3, -0.25) is 9.69 Å². The summed E-state index contributed by atoms with van der Waals surface area (Å²) in [5.74, 6) is -1.11. The average Bonchev–Trinajstić information content (AvgIpc) is 3.80. The minimum absolute atomic E-state index is 0.130. The number of carbonyl (C=O) groups is 1. The third-order valence-electron chi connectivity index (χ3n) is 8.98. The highest BCUT2D eigenvalue weighted by Gasteiger charge is 2.40. The third-order valence-corrected chi connectivity index (χ3v) is 11.2. The van der Waals surface area contributed by atoms with Crippen molar-refractivity contribution < 1.29 is 35.5 Å². The first-order valence-electron chi connectivity index (χ1n) is 14.5. The summed E-state index contributed by atoms with van der Waals surface area (Å²) >= 11 is 6.31. The molecule has 4 fully saturated rings. The van der Waals surface area contributed by atoms with Crippen LogP contribution in [0.3, 0.4) is 0 Å². The molecule has 2 heterocycles. The lowest BCUT2D eigenvalue weighted by molar-refractivity contribution is -0.137. The molecular formula is C30H33ClF4N2O4S. The number of amides is 1. The van der Waals surface area contributed by atoms with Crippen LogP contribution >= 0.6 is 11.6 Å². The number of alkyl halides is 3. The number of fused-ring (bicyclic) bond motifs is 2. The van der Waals surface area contributed by atoms with Gasteiger partial charge in [0.05, 0.1) is 23.0 Å². The van der Waals surface area contributed by atoms with Crippen molar-refractivity contribution in [2.24, 2.45) is 5.92 Å². The van der Waals surface area contributed by atoms with Gasteiger partial charge in [0.25, 0.3) is 5.91 Å². The van der Waals surface area contributed by atoms with E-state index >= 15 is 4.39 Å². The number of carbonyl (C=O) groups excluding carboxylic acids is 1. The van der Waals surface area contributed by atoms with Crippen LogP contribution in [0.1, 0.15) is 90.8 Å². The number of rotatable bonds is 9. The number of benzene rings is 2. The highest BCUT2D eigenvalue weighted by Crippen LogP contribution is 2.46. The molecule has 228 valence electrons. The topological polar surface area (TPSA) is 75.7 Å². The van der Waals surface area contributed by atoms with Crippen molar-refractivity contribution in [1.82, 2.24) is 9.62 Å². The van der Waals surface area contributed by atoms with Crippen LogP contribution in [0.25, 0.3) is 0 Å². The van der Waals surface area contributed by atoms with E-state index in [0.29, 0.717) is 47.9 Å². The molecule has 42 heavy (non-hydrogen) atoms. The molecule has 1 unspecified atom stereocenters. The van der Waals surface area contributed by atoms with Gasteiger partial charge in [-0.25, -0.2) is 17.5 Å². The van der Waals surface area contributed by atoms with Gasteiger partial charge in [0.15, 0.2) is 0 Å². The number of ether oxygens (including phenoxy) is 1. The van der Waals surface area contributed by atoms with Crippen LogP contribution in [0.4, 0.5) is 17.6 Å². The molecule has 2 bridgehead atoms. The maximum atomic E-state index is 15.1. The van der Waals surface area contributed by atoms with Crippen LogP contribution < -0.4 is 9.46 Å². The van der Waals surface area contributed by atoms with E-state index in [1.54, 1.807) is 0 Å². The van der Waals surface area contributed by atoms with E-state index in [9.17, 15) is 26.4 Å². The van der Waals surface area contributed by atoms with E-state index in [4.69, 9.17) is 16.3 Å². The van der Waals surface area contributed by atoms with Crippen molar-refractivity contribution >= 4 is 27.5 Å². The van der Waals surface area contributed by atoms with Crippen molar-refractivity contribution in [3.8, 4) is 5.75 Å². The molecule has 6 rings (SSSR count). The standard InChI is InChI=1S/C30H33ClF4N2O4S/c31-26-9-6-20(30(33,34)35)12-19(26)15-37-21-2-1-3-22(37)11-17(10-21)16-41-28-14-27(32)25(13-24(28)18-4-5-18)29(38)36-42(39,40)23-7-8-23/h6,9,12-14,17-18,21-23H,1-5,7-8,10-11,15-16H2,(H,36,38)/t17?,21-,22+. The Bertz CT molecular complexity index is 1460. The molecule has 0 spiro atoms. The first kappa shape index (κ1) is 29.7. The molecule has 2 aromatic rings. The molecule has 1 N–H and O–H groups in total. The summed E-state index contributed by atoms with van der Waals surface area (Å²) in [6, 6.07) is 6.43. The van der Waals surface area contributed by atoms with Gasteiger partial charge in [0.2, 0.25) is 10.0 Å². The Kier molecular flexibility index (Phi) is 7.98. The van der Waals surface area contributed by atoms with Gasteiger partial charge < -0.3 is 4.74 Å². The minimum Gasteiger partial charge on any atom is -0.493 e. The van der Waals surface area contributed by atoms with Crippen molar-refractivity contribution in [3.63, 3.8) is 0 Å². The number of nitrogens with one attached hydrogen (secondary N) is 1. The number of hydrogen-bond donors (Lipinski definition) is 1. The van der Waals surface area contributed by atoms with E-state index < -0.39 is 38.7 Å². The Morgan fingerprint density at radius 2 is 1.71 bits per heavy atom. The summed E-state index contributed by atoms with van der Waals surface area (Å²) in [6.45, 7) is 0.703. The zero-order chi connectivity index (χ0) is 29.8. The van der Waals surface area contributed by atoms with Crippen LogP contribution in [-0.4, -0.2) is 43.2 Å². The summed E-state index contributed by atoms with van der Waals surface area (Å²) in [7, 11) is -3.81. The molecule has 2 saturated heterocycles. The van der Waals surface area contributed by atoms with Gasteiger partial charge in [-0.05, 0) is 98.6 Å². The molecule has 6 nitrogen and oxygen atoms in total. The van der Waals surface area contributed by atoms with Crippen molar-refractivity contribution in [3.05, 3.63) is 63.4 Å². The van der Waals surface area contributed by atoms with Crippen LogP contribution in [0.2, 0.25) is 5.02 Å². The molecule has 1 amide bonds. The van der Waals surface area contributed by atoms with Crippen molar-refractivity contribution in [1.29, 1.82) is 0 Å². The average molecular weight is 629 g/mol. The van der Waals surface area contributed by atoms with E-state index in [0.717, 1.165) is 57.1 Å². The molecule has 3 atom stereocenters. The fourth-order valence-electron chi connectivity index (χ4n) is 6.49. The molecule has 0 aromatic heterocycles. The Balaban J connectivity index is 1.13. The molecule has 0 radical (unpaired) electrons. The number of halogens is 5. The minimum atomic E-state index is -4.44. The highest BCUT2D eigenvalue weighted by atomic mass is 35.5. The summed E-state index contributed by atoms with van der Waals surface area (Å²) < 4.78 is 87.6. The molecule has 2 aliphatic heterocycles. The van der Waals surface area contributed by atoms with Crippen molar-refractivity contribution in [2.75, 3.05) is 6.61 Å². The van der Waals surface area contributed by atoms with E-state index in [1.807, 2.05) is 4.72 Å². The lowest BCUT2D eigenvalue weighted by Crippen LogP contribution is -2.52. The normalized spacial score (nSPS) is 24.8. The molecule has 12 heteroatoms. The quantitative estimate of drug-likeness (QED) is 0.309. The lowest BCUT2D eigenvalue weighted by atomic mass is 9.78. The molecule has 2 aliphatic carbocycles. The van der Waals surface area contributed by atoms with Gasteiger partial charge >= 0.3 is 6.18 Å². The highest BCUT2D eigenvalue weighted by molar-refractivity contribution is 7.91. The fraction of sp³-hybridized carbons (Fsp3) is 0.567. The van der Waals surface area contributed by atoms with Gasteiger partial charge in [0, 0.05) is 29.7 Å². The first-order valence-corrected chi connectivity index (χ1v) is 16.4. The summed E-state index contributed by atoms with van der Waals surface area (Å²) in [5.41, 5.74) is 0.172. The predicted octanol–water partition coefficient (Wildman–Crippen LogP) is 6.81. The van der Waals surface area contributed by atoms with Gasteiger partial charge in [-0.15, -0.1) is 0 Å².